The summed E-state index contributed by atoms with van der Waals surface area (Å²) in [4.78, 5) is 0. The second-order valence-electron chi connectivity index (χ2n) is 3.84. The summed E-state index contributed by atoms with van der Waals surface area (Å²) in [5, 5.41) is 0.179. The van der Waals surface area contributed by atoms with Gasteiger partial charge >= 0.3 is 0 Å². The molecule has 1 rings (SSSR count). The fraction of sp³-hybridized carbons (Fsp3) is 0.500. The van der Waals surface area contributed by atoms with E-state index in [0.29, 0.717) is 12.5 Å². The normalized spacial score (nSPS) is 12.8. The Balaban J connectivity index is 2.66. The molecule has 0 saturated heterocycles. The topological polar surface area (TPSA) is 26.0 Å². The van der Waals surface area contributed by atoms with E-state index in [2.05, 4.69) is 6.92 Å². The van der Waals surface area contributed by atoms with Crippen molar-refractivity contribution in [3.8, 4) is 0 Å². The van der Waals surface area contributed by atoms with Crippen LogP contribution in [-0.2, 0) is 6.42 Å². The molecule has 0 spiro atoms. The van der Waals surface area contributed by atoms with Crippen molar-refractivity contribution in [3.05, 3.63) is 34.6 Å². The predicted molar refractivity (Wildman–Crippen MR) is 62.6 cm³/mol. The molecule has 1 atom stereocenters. The van der Waals surface area contributed by atoms with Gasteiger partial charge in [0.2, 0.25) is 0 Å². The first-order valence-corrected chi connectivity index (χ1v) is 5.69. The molecule has 0 aliphatic heterocycles. The summed E-state index contributed by atoms with van der Waals surface area (Å²) in [6.45, 7) is 2.78. The first-order chi connectivity index (χ1) is 7.17. The molecule has 0 bridgehead atoms. The molecule has 2 N–H and O–H groups in total. The second-order valence-corrected chi connectivity index (χ2v) is 4.25. The third kappa shape index (κ3) is 3.80. The van der Waals surface area contributed by atoms with Crippen molar-refractivity contribution in [1.82, 2.24) is 0 Å². The van der Waals surface area contributed by atoms with Crippen molar-refractivity contribution in [1.29, 1.82) is 0 Å². The summed E-state index contributed by atoms with van der Waals surface area (Å²) in [5.41, 5.74) is 6.63. The van der Waals surface area contributed by atoms with Gasteiger partial charge in [0.05, 0.1) is 5.02 Å². The lowest BCUT2D eigenvalue weighted by Crippen LogP contribution is -2.16. The Kier molecular flexibility index (Phi) is 5.06. The van der Waals surface area contributed by atoms with Crippen LogP contribution in [0.5, 0.6) is 0 Å². The van der Waals surface area contributed by atoms with Crippen LogP contribution in [-0.4, -0.2) is 6.54 Å². The van der Waals surface area contributed by atoms with Crippen LogP contribution in [0, 0.1) is 11.7 Å². The minimum absolute atomic E-state index is 0.179. The summed E-state index contributed by atoms with van der Waals surface area (Å²) in [7, 11) is 0. The predicted octanol–water partition coefficient (Wildman–Crippen LogP) is 3.40. The highest BCUT2D eigenvalue weighted by molar-refractivity contribution is 6.30. The van der Waals surface area contributed by atoms with Crippen LogP contribution in [0.1, 0.15) is 25.3 Å². The van der Waals surface area contributed by atoms with Crippen LogP contribution in [0.25, 0.3) is 0 Å². The van der Waals surface area contributed by atoms with Gasteiger partial charge in [0.15, 0.2) is 0 Å². The van der Waals surface area contributed by atoms with Crippen molar-refractivity contribution in [2.24, 2.45) is 11.7 Å². The van der Waals surface area contributed by atoms with Crippen molar-refractivity contribution >= 4 is 11.6 Å². The average Bonchev–Trinajstić information content (AvgIpc) is 2.23. The molecule has 1 nitrogen and oxygen atoms in total. The van der Waals surface area contributed by atoms with Crippen molar-refractivity contribution in [3.63, 3.8) is 0 Å². The number of hydrogen-bond acceptors (Lipinski definition) is 1. The van der Waals surface area contributed by atoms with Crippen LogP contribution in [0.3, 0.4) is 0 Å². The van der Waals surface area contributed by atoms with Gasteiger partial charge in [-0.1, -0.05) is 31.0 Å². The largest absolute Gasteiger partial charge is 0.330 e. The molecular weight excluding hydrogens is 213 g/mol. The molecule has 1 aromatic rings. The Hall–Kier alpha value is -0.600. The first-order valence-electron chi connectivity index (χ1n) is 5.31. The average molecular weight is 230 g/mol. The Morgan fingerprint density at radius 2 is 2.20 bits per heavy atom. The highest BCUT2D eigenvalue weighted by Gasteiger charge is 2.08. The van der Waals surface area contributed by atoms with Crippen molar-refractivity contribution < 1.29 is 4.39 Å². The Morgan fingerprint density at radius 1 is 1.47 bits per heavy atom. The molecule has 1 unspecified atom stereocenters. The smallest absolute Gasteiger partial charge is 0.142 e. The van der Waals surface area contributed by atoms with E-state index >= 15 is 0 Å². The minimum atomic E-state index is -0.346. The zero-order chi connectivity index (χ0) is 11.3. The monoisotopic (exact) mass is 229 g/mol. The molecule has 0 radical (unpaired) electrons. The molecule has 84 valence electrons. The summed E-state index contributed by atoms with van der Waals surface area (Å²) in [5.74, 6) is 0.0945. The highest BCUT2D eigenvalue weighted by Crippen LogP contribution is 2.19. The minimum Gasteiger partial charge on any atom is -0.330 e. The van der Waals surface area contributed by atoms with E-state index in [0.717, 1.165) is 24.8 Å². The van der Waals surface area contributed by atoms with Gasteiger partial charge in [-0.25, -0.2) is 4.39 Å². The zero-order valence-corrected chi connectivity index (χ0v) is 9.73. The molecular formula is C12H17ClFN. The summed E-state index contributed by atoms with van der Waals surface area (Å²) >= 11 is 5.61. The van der Waals surface area contributed by atoms with Gasteiger partial charge in [0, 0.05) is 0 Å². The summed E-state index contributed by atoms with van der Waals surface area (Å²) < 4.78 is 13.2. The van der Waals surface area contributed by atoms with E-state index < -0.39 is 0 Å². The molecule has 0 saturated carbocycles. The zero-order valence-electron chi connectivity index (χ0n) is 8.97. The molecule has 3 heteroatoms. The molecule has 0 amide bonds. The van der Waals surface area contributed by atoms with Crippen LogP contribution >= 0.6 is 11.6 Å². The van der Waals surface area contributed by atoms with E-state index in [1.165, 1.54) is 6.07 Å². The number of nitrogens with two attached hydrogens (primary N) is 1. The van der Waals surface area contributed by atoms with E-state index in [1.54, 1.807) is 6.07 Å². The standard InChI is InChI=1S/C12H17ClFN/c1-2-3-10(8-15)6-9-4-5-11(13)12(14)7-9/h4-5,7,10H,2-3,6,8,15H2,1H3. The maximum absolute atomic E-state index is 13.2. The van der Waals surface area contributed by atoms with Gasteiger partial charge in [-0.15, -0.1) is 0 Å². The fourth-order valence-electron chi connectivity index (χ4n) is 1.71. The van der Waals surface area contributed by atoms with E-state index in [4.69, 9.17) is 17.3 Å². The highest BCUT2D eigenvalue weighted by atomic mass is 35.5. The Bertz CT molecular complexity index is 314. The van der Waals surface area contributed by atoms with Gasteiger partial charge in [0.25, 0.3) is 0 Å². The fourth-order valence-corrected chi connectivity index (χ4v) is 1.83. The van der Waals surface area contributed by atoms with Gasteiger partial charge in [-0.3, -0.25) is 0 Å². The molecule has 1 aromatic carbocycles. The second kappa shape index (κ2) is 6.09. The van der Waals surface area contributed by atoms with Crippen LogP contribution in [0.2, 0.25) is 5.02 Å². The first kappa shape index (κ1) is 12.5. The third-order valence-electron chi connectivity index (χ3n) is 2.54. The maximum atomic E-state index is 13.2. The van der Waals surface area contributed by atoms with E-state index in [1.807, 2.05) is 6.07 Å². The maximum Gasteiger partial charge on any atom is 0.142 e. The summed E-state index contributed by atoms with van der Waals surface area (Å²) in [6, 6.07) is 4.97. The lowest BCUT2D eigenvalue weighted by molar-refractivity contribution is 0.486. The lowest BCUT2D eigenvalue weighted by atomic mass is 9.95. The quantitative estimate of drug-likeness (QED) is 0.823. The lowest BCUT2D eigenvalue weighted by Gasteiger charge is -2.13. The molecule has 0 heterocycles. The van der Waals surface area contributed by atoms with Gasteiger partial charge < -0.3 is 5.73 Å². The Morgan fingerprint density at radius 3 is 2.73 bits per heavy atom. The van der Waals surface area contributed by atoms with Crippen LogP contribution in [0.4, 0.5) is 4.39 Å². The van der Waals surface area contributed by atoms with Crippen LogP contribution in [0.15, 0.2) is 18.2 Å². The number of halogens is 2. The molecule has 0 aliphatic carbocycles. The number of benzene rings is 1. The van der Waals surface area contributed by atoms with Gasteiger partial charge in [0.1, 0.15) is 5.82 Å². The Labute approximate surface area is 95.4 Å². The number of hydrogen-bond donors (Lipinski definition) is 1. The SMILES string of the molecule is CCCC(CN)Cc1ccc(Cl)c(F)c1. The van der Waals surface area contributed by atoms with E-state index in [-0.39, 0.29) is 10.8 Å². The summed E-state index contributed by atoms with van der Waals surface area (Å²) in [6.07, 6.45) is 3.02. The third-order valence-corrected chi connectivity index (χ3v) is 2.85. The van der Waals surface area contributed by atoms with Crippen molar-refractivity contribution in [2.45, 2.75) is 26.2 Å². The van der Waals surface area contributed by atoms with Crippen LogP contribution < -0.4 is 5.73 Å². The van der Waals surface area contributed by atoms with Crippen molar-refractivity contribution in [2.75, 3.05) is 6.54 Å². The molecule has 0 aliphatic rings. The van der Waals surface area contributed by atoms with Gasteiger partial charge in [-0.2, -0.15) is 0 Å². The molecule has 0 aromatic heterocycles. The number of rotatable bonds is 5. The van der Waals surface area contributed by atoms with Gasteiger partial charge in [-0.05, 0) is 43.0 Å². The molecule has 0 fully saturated rings. The molecule has 15 heavy (non-hydrogen) atoms. The van der Waals surface area contributed by atoms with E-state index in [9.17, 15) is 4.39 Å².